The highest BCUT2D eigenvalue weighted by Gasteiger charge is 2.21. The van der Waals surface area contributed by atoms with Gasteiger partial charge in [0.25, 0.3) is 0 Å². The maximum atomic E-state index is 4.96. The highest BCUT2D eigenvalue weighted by Crippen LogP contribution is 2.28. The predicted molar refractivity (Wildman–Crippen MR) is 114 cm³/mol. The molecule has 1 aliphatic rings. The van der Waals surface area contributed by atoms with E-state index in [0.29, 0.717) is 0 Å². The van der Waals surface area contributed by atoms with E-state index >= 15 is 0 Å². The maximum Gasteiger partial charge on any atom is 0.162 e. The van der Waals surface area contributed by atoms with E-state index in [9.17, 15) is 0 Å². The van der Waals surface area contributed by atoms with Gasteiger partial charge in [-0.3, -0.25) is 14.9 Å². The lowest BCUT2D eigenvalue weighted by atomic mass is 10.1. The zero-order valence-corrected chi connectivity index (χ0v) is 16.1. The highest BCUT2D eigenvalue weighted by molar-refractivity contribution is 5.91. The monoisotopic (exact) mass is 382 g/mol. The highest BCUT2D eigenvalue weighted by atomic mass is 15.3. The molecule has 0 aliphatic carbocycles. The van der Waals surface area contributed by atoms with Crippen molar-refractivity contribution >= 4 is 16.7 Å². The van der Waals surface area contributed by atoms with Gasteiger partial charge in [-0.15, -0.1) is 0 Å². The van der Waals surface area contributed by atoms with Crippen LogP contribution in [0, 0.1) is 0 Å². The number of hydrogen-bond donors (Lipinski definition) is 0. The molecule has 29 heavy (non-hydrogen) atoms. The molecule has 0 unspecified atom stereocenters. The average Bonchev–Trinajstić information content (AvgIpc) is 2.80. The van der Waals surface area contributed by atoms with Gasteiger partial charge in [0.05, 0.1) is 5.52 Å². The van der Waals surface area contributed by atoms with Crippen molar-refractivity contribution in [3.05, 3.63) is 78.9 Å². The minimum absolute atomic E-state index is 0.749. The van der Waals surface area contributed by atoms with Crippen molar-refractivity contribution in [3.63, 3.8) is 0 Å². The van der Waals surface area contributed by atoms with E-state index in [4.69, 9.17) is 9.97 Å². The molecule has 4 heterocycles. The van der Waals surface area contributed by atoms with E-state index < -0.39 is 0 Å². The Kier molecular flexibility index (Phi) is 4.84. The normalized spacial score (nSPS) is 15.0. The number of fused-ring (bicyclic) bond motifs is 1. The summed E-state index contributed by atoms with van der Waals surface area (Å²) in [6.07, 6.45) is 7.34. The second kappa shape index (κ2) is 7.93. The lowest BCUT2D eigenvalue weighted by Gasteiger charge is -2.36. The molecule has 144 valence electrons. The summed E-state index contributed by atoms with van der Waals surface area (Å²) in [5.74, 6) is 1.77. The summed E-state index contributed by atoms with van der Waals surface area (Å²) < 4.78 is 0. The first-order chi connectivity index (χ1) is 14.4. The van der Waals surface area contributed by atoms with Crippen LogP contribution in [0.1, 0.15) is 5.56 Å². The van der Waals surface area contributed by atoms with Gasteiger partial charge in [0.2, 0.25) is 0 Å². The third-order valence-electron chi connectivity index (χ3n) is 5.32. The number of anilines is 1. The van der Waals surface area contributed by atoms with E-state index in [1.165, 1.54) is 5.56 Å². The van der Waals surface area contributed by atoms with Gasteiger partial charge in [-0.1, -0.05) is 18.2 Å². The van der Waals surface area contributed by atoms with Crippen molar-refractivity contribution in [2.75, 3.05) is 31.1 Å². The Morgan fingerprint density at radius 2 is 1.59 bits per heavy atom. The number of hydrogen-bond acceptors (Lipinski definition) is 6. The summed E-state index contributed by atoms with van der Waals surface area (Å²) in [5, 5.41) is 1.10. The predicted octanol–water partition coefficient (Wildman–Crippen LogP) is 3.41. The Balaban J connectivity index is 1.41. The Hall–Kier alpha value is -3.38. The van der Waals surface area contributed by atoms with Crippen molar-refractivity contribution in [1.82, 2.24) is 24.8 Å². The molecule has 6 nitrogen and oxygen atoms in total. The first-order valence-corrected chi connectivity index (χ1v) is 9.90. The second-order valence-corrected chi connectivity index (χ2v) is 7.25. The fourth-order valence-corrected chi connectivity index (χ4v) is 3.80. The van der Waals surface area contributed by atoms with Crippen LogP contribution in [0.3, 0.4) is 0 Å². The molecule has 0 N–H and O–H groups in total. The topological polar surface area (TPSA) is 58.0 Å². The fourth-order valence-electron chi connectivity index (χ4n) is 3.80. The molecule has 0 radical (unpaired) electrons. The maximum absolute atomic E-state index is 4.96. The number of aromatic nitrogens is 4. The van der Waals surface area contributed by atoms with Gasteiger partial charge < -0.3 is 4.90 Å². The Morgan fingerprint density at radius 1 is 0.759 bits per heavy atom. The van der Waals surface area contributed by atoms with Crippen LogP contribution in [0.2, 0.25) is 0 Å². The molecule has 1 fully saturated rings. The molecule has 1 saturated heterocycles. The zero-order chi connectivity index (χ0) is 19.5. The van der Waals surface area contributed by atoms with Gasteiger partial charge in [0.1, 0.15) is 5.82 Å². The van der Waals surface area contributed by atoms with Crippen molar-refractivity contribution in [2.24, 2.45) is 0 Å². The number of para-hydroxylation sites is 1. The van der Waals surface area contributed by atoms with E-state index in [-0.39, 0.29) is 0 Å². The number of rotatable bonds is 4. The van der Waals surface area contributed by atoms with Crippen LogP contribution in [0.25, 0.3) is 22.3 Å². The average molecular weight is 382 g/mol. The van der Waals surface area contributed by atoms with Gasteiger partial charge in [0.15, 0.2) is 5.82 Å². The minimum Gasteiger partial charge on any atom is -0.353 e. The van der Waals surface area contributed by atoms with E-state index in [1.807, 2.05) is 36.7 Å². The third-order valence-corrected chi connectivity index (χ3v) is 5.32. The molecule has 5 rings (SSSR count). The summed E-state index contributed by atoms with van der Waals surface area (Å²) in [5.41, 5.74) is 3.22. The molecule has 1 aromatic carbocycles. The molecule has 0 bridgehead atoms. The van der Waals surface area contributed by atoms with Gasteiger partial charge in [-0.2, -0.15) is 0 Å². The Bertz CT molecular complexity index is 1090. The van der Waals surface area contributed by atoms with Crippen LogP contribution in [-0.4, -0.2) is 51.0 Å². The summed E-state index contributed by atoms with van der Waals surface area (Å²) in [6, 6.07) is 16.3. The molecular weight excluding hydrogens is 360 g/mol. The van der Waals surface area contributed by atoms with Gasteiger partial charge in [-0.05, 0) is 35.9 Å². The largest absolute Gasteiger partial charge is 0.353 e. The summed E-state index contributed by atoms with van der Waals surface area (Å²) in [4.78, 5) is 22.9. The molecule has 4 aromatic rings. The van der Waals surface area contributed by atoms with Gasteiger partial charge >= 0.3 is 0 Å². The summed E-state index contributed by atoms with van der Waals surface area (Å²) in [6.45, 7) is 4.82. The van der Waals surface area contributed by atoms with Crippen LogP contribution in [0.5, 0.6) is 0 Å². The number of nitrogens with zero attached hydrogens (tertiary/aromatic N) is 6. The summed E-state index contributed by atoms with van der Waals surface area (Å²) in [7, 11) is 0. The second-order valence-electron chi connectivity index (χ2n) is 7.25. The SMILES string of the molecule is c1cncc(CN2CCN(c3nc(-c4ccncc4)nc4ccccc34)CC2)c1. The Morgan fingerprint density at radius 3 is 2.38 bits per heavy atom. The minimum atomic E-state index is 0.749. The van der Waals surface area contributed by atoms with E-state index in [2.05, 4.69) is 44.0 Å². The first-order valence-electron chi connectivity index (χ1n) is 9.90. The van der Waals surface area contributed by atoms with Crippen molar-refractivity contribution in [3.8, 4) is 11.4 Å². The zero-order valence-electron chi connectivity index (χ0n) is 16.1. The Labute approximate surface area is 169 Å². The van der Waals surface area contributed by atoms with E-state index in [1.54, 1.807) is 12.4 Å². The molecule has 0 saturated carbocycles. The van der Waals surface area contributed by atoms with Crippen LogP contribution in [0.4, 0.5) is 5.82 Å². The standard InChI is InChI=1S/C23H22N6/c1-2-6-21-20(5-1)23(27-22(26-21)19-7-10-24-11-8-19)29-14-12-28(13-15-29)17-18-4-3-9-25-16-18/h1-11,16H,12-15,17H2. The smallest absolute Gasteiger partial charge is 0.162 e. The lowest BCUT2D eigenvalue weighted by molar-refractivity contribution is 0.249. The van der Waals surface area contributed by atoms with Gasteiger partial charge in [0, 0.05) is 68.5 Å². The quantitative estimate of drug-likeness (QED) is 0.539. The molecule has 0 atom stereocenters. The summed E-state index contributed by atoms with van der Waals surface area (Å²) >= 11 is 0. The first kappa shape index (κ1) is 17.7. The molecular formula is C23H22N6. The molecule has 3 aromatic heterocycles. The van der Waals surface area contributed by atoms with Crippen LogP contribution in [0.15, 0.2) is 73.3 Å². The lowest BCUT2D eigenvalue weighted by Crippen LogP contribution is -2.46. The number of piperazine rings is 1. The van der Waals surface area contributed by atoms with Gasteiger partial charge in [-0.25, -0.2) is 9.97 Å². The molecule has 6 heteroatoms. The molecule has 0 spiro atoms. The third kappa shape index (κ3) is 3.79. The fraction of sp³-hybridized carbons (Fsp3) is 0.217. The molecule has 0 amide bonds. The van der Waals surface area contributed by atoms with Crippen molar-refractivity contribution < 1.29 is 0 Å². The molecule has 1 aliphatic heterocycles. The number of pyridine rings is 2. The van der Waals surface area contributed by atoms with Crippen molar-refractivity contribution in [2.45, 2.75) is 6.54 Å². The van der Waals surface area contributed by atoms with Crippen LogP contribution >= 0.6 is 0 Å². The van der Waals surface area contributed by atoms with Crippen molar-refractivity contribution in [1.29, 1.82) is 0 Å². The van der Waals surface area contributed by atoms with Crippen LogP contribution < -0.4 is 4.90 Å². The number of benzene rings is 1. The van der Waals surface area contributed by atoms with E-state index in [0.717, 1.165) is 60.8 Å². The van der Waals surface area contributed by atoms with Crippen LogP contribution in [-0.2, 0) is 6.54 Å².